The van der Waals surface area contributed by atoms with Crippen molar-refractivity contribution in [2.24, 2.45) is 0 Å². The predicted octanol–water partition coefficient (Wildman–Crippen LogP) is 2.22. The Morgan fingerprint density at radius 2 is 1.81 bits per heavy atom. The zero-order valence-electron chi connectivity index (χ0n) is 11.4. The zero-order valence-corrected chi connectivity index (χ0v) is 12.2. The maximum atomic E-state index is 12.9. The first-order valence-corrected chi connectivity index (χ1v) is 5.94. The number of ketones is 1. The van der Waals surface area contributed by atoms with E-state index < -0.39 is 29.0 Å². The van der Waals surface area contributed by atoms with Crippen LogP contribution in [-0.4, -0.2) is 43.8 Å². The van der Waals surface area contributed by atoms with Crippen LogP contribution >= 0.6 is 12.4 Å². The molecule has 0 bridgehead atoms. The Labute approximate surface area is 125 Å². The predicted molar refractivity (Wildman–Crippen MR) is 73.9 cm³/mol. The number of halogens is 4. The number of Topliss-reactive ketones (excluding diaryl/α,β-unsaturated/α-hetero) is 1. The van der Waals surface area contributed by atoms with E-state index in [1.165, 1.54) is 12.1 Å². The Hall–Kier alpha value is -1.60. The van der Waals surface area contributed by atoms with Crippen LogP contribution in [0.1, 0.15) is 15.9 Å². The minimum Gasteiger partial charge on any atom is -0.308 e. The number of likely N-dealkylation sites (N-methyl/N-ethyl adjacent to an activating group) is 1. The van der Waals surface area contributed by atoms with E-state index in [1.54, 1.807) is 19.0 Å². The fourth-order valence-corrected chi connectivity index (χ4v) is 2.10. The molecule has 1 amide bonds. The quantitative estimate of drug-likeness (QED) is 0.801. The number of rotatable bonds is 3. The lowest BCUT2D eigenvalue weighted by Gasteiger charge is -2.19. The molecule has 1 aromatic rings. The van der Waals surface area contributed by atoms with Crippen LogP contribution in [0.4, 0.5) is 18.9 Å². The van der Waals surface area contributed by atoms with E-state index in [0.29, 0.717) is 6.54 Å². The highest BCUT2D eigenvalue weighted by Gasteiger charge is 2.44. The second-order valence-electron chi connectivity index (χ2n) is 4.79. The van der Waals surface area contributed by atoms with Crippen molar-refractivity contribution in [3.63, 3.8) is 0 Å². The molecule has 0 aliphatic carbocycles. The molecule has 0 radical (unpaired) electrons. The summed E-state index contributed by atoms with van der Waals surface area (Å²) in [4.78, 5) is 26.5. The monoisotopic (exact) mass is 322 g/mol. The van der Waals surface area contributed by atoms with Gasteiger partial charge >= 0.3 is 6.18 Å². The zero-order chi connectivity index (χ0) is 15.1. The van der Waals surface area contributed by atoms with Crippen molar-refractivity contribution in [3.05, 3.63) is 29.3 Å². The van der Waals surface area contributed by atoms with Crippen LogP contribution in [0.25, 0.3) is 0 Å². The van der Waals surface area contributed by atoms with Crippen LogP contribution in [0.5, 0.6) is 0 Å². The van der Waals surface area contributed by atoms with Gasteiger partial charge in [0.2, 0.25) is 0 Å². The highest BCUT2D eigenvalue weighted by molar-refractivity contribution is 6.52. The van der Waals surface area contributed by atoms with Gasteiger partial charge in [0.15, 0.2) is 0 Å². The minimum atomic E-state index is -4.65. The van der Waals surface area contributed by atoms with E-state index in [1.807, 2.05) is 0 Å². The van der Waals surface area contributed by atoms with Crippen molar-refractivity contribution < 1.29 is 22.8 Å². The number of alkyl halides is 3. The summed E-state index contributed by atoms with van der Waals surface area (Å²) in [6.07, 6.45) is -4.65. The van der Waals surface area contributed by atoms with Crippen molar-refractivity contribution in [3.8, 4) is 0 Å². The Kier molecular flexibility index (Phi) is 5.01. The summed E-state index contributed by atoms with van der Waals surface area (Å²) >= 11 is 0. The third kappa shape index (κ3) is 3.19. The summed E-state index contributed by atoms with van der Waals surface area (Å²) in [7, 11) is 3.55. The molecule has 1 heterocycles. The maximum absolute atomic E-state index is 12.9. The Balaban J connectivity index is 0.00000220. The largest absolute Gasteiger partial charge is 0.417 e. The molecule has 0 saturated carbocycles. The summed E-state index contributed by atoms with van der Waals surface area (Å²) in [5, 5.41) is 0. The number of anilines is 1. The molecular formula is C13H14ClF3N2O2. The lowest BCUT2D eigenvalue weighted by Crippen LogP contribution is -2.35. The van der Waals surface area contributed by atoms with Gasteiger partial charge in [0, 0.05) is 13.1 Å². The van der Waals surface area contributed by atoms with E-state index >= 15 is 0 Å². The van der Waals surface area contributed by atoms with E-state index in [2.05, 4.69) is 0 Å². The van der Waals surface area contributed by atoms with Crippen molar-refractivity contribution in [2.75, 3.05) is 32.1 Å². The van der Waals surface area contributed by atoms with Gasteiger partial charge in [-0.1, -0.05) is 6.07 Å². The van der Waals surface area contributed by atoms with Crippen LogP contribution in [0.3, 0.4) is 0 Å². The van der Waals surface area contributed by atoms with E-state index in [0.717, 1.165) is 11.0 Å². The number of nitrogens with zero attached hydrogens (tertiary/aromatic N) is 2. The van der Waals surface area contributed by atoms with Gasteiger partial charge in [-0.3, -0.25) is 9.59 Å². The molecule has 0 fully saturated rings. The SMILES string of the molecule is CN(C)CCN1C(=O)C(=O)c2c1cccc2C(F)(F)F.Cl. The number of benzene rings is 1. The topological polar surface area (TPSA) is 40.6 Å². The van der Waals surface area contributed by atoms with Gasteiger partial charge in [-0.05, 0) is 26.2 Å². The molecule has 116 valence electrons. The fourth-order valence-electron chi connectivity index (χ4n) is 2.10. The summed E-state index contributed by atoms with van der Waals surface area (Å²) in [5.41, 5.74) is -1.55. The number of fused-ring (bicyclic) bond motifs is 1. The highest BCUT2D eigenvalue weighted by Crippen LogP contribution is 2.39. The van der Waals surface area contributed by atoms with Gasteiger partial charge in [-0.2, -0.15) is 13.2 Å². The lowest BCUT2D eigenvalue weighted by atomic mass is 10.0. The molecule has 0 atom stereocenters. The van der Waals surface area contributed by atoms with Crippen molar-refractivity contribution in [1.82, 2.24) is 4.90 Å². The molecule has 1 aliphatic rings. The molecule has 8 heteroatoms. The van der Waals surface area contributed by atoms with Crippen LogP contribution in [-0.2, 0) is 11.0 Å². The smallest absolute Gasteiger partial charge is 0.308 e. The molecule has 0 saturated heterocycles. The molecule has 1 aromatic carbocycles. The van der Waals surface area contributed by atoms with Gasteiger partial charge in [-0.25, -0.2) is 0 Å². The average molecular weight is 323 g/mol. The van der Waals surface area contributed by atoms with Crippen molar-refractivity contribution in [1.29, 1.82) is 0 Å². The number of hydrogen-bond donors (Lipinski definition) is 0. The molecule has 0 N–H and O–H groups in total. The van der Waals surface area contributed by atoms with Gasteiger partial charge in [0.25, 0.3) is 11.7 Å². The van der Waals surface area contributed by atoms with E-state index in [4.69, 9.17) is 0 Å². The third-order valence-electron chi connectivity index (χ3n) is 3.08. The van der Waals surface area contributed by atoms with Crippen LogP contribution < -0.4 is 4.90 Å². The van der Waals surface area contributed by atoms with Crippen LogP contribution in [0.15, 0.2) is 18.2 Å². The van der Waals surface area contributed by atoms with E-state index in [9.17, 15) is 22.8 Å². The maximum Gasteiger partial charge on any atom is 0.417 e. The second-order valence-corrected chi connectivity index (χ2v) is 4.79. The van der Waals surface area contributed by atoms with Gasteiger partial charge < -0.3 is 9.80 Å². The lowest BCUT2D eigenvalue weighted by molar-refractivity contribution is -0.137. The number of carbonyl (C=O) groups excluding carboxylic acids is 2. The third-order valence-corrected chi connectivity index (χ3v) is 3.08. The van der Waals surface area contributed by atoms with Crippen LogP contribution in [0.2, 0.25) is 0 Å². The summed E-state index contributed by atoms with van der Waals surface area (Å²) in [6, 6.07) is 3.39. The van der Waals surface area contributed by atoms with Crippen LogP contribution in [0, 0.1) is 0 Å². The molecule has 2 rings (SSSR count). The molecule has 1 aliphatic heterocycles. The van der Waals surface area contributed by atoms with Gasteiger partial charge in [0.05, 0.1) is 16.8 Å². The van der Waals surface area contributed by atoms with E-state index in [-0.39, 0.29) is 24.6 Å². The molecule has 0 unspecified atom stereocenters. The Morgan fingerprint density at radius 1 is 1.19 bits per heavy atom. The second kappa shape index (κ2) is 6.03. The standard InChI is InChI=1S/C13H13F3N2O2.ClH/c1-17(2)6-7-18-9-5-3-4-8(13(14,15)16)10(9)11(19)12(18)20;/h3-5H,6-7H2,1-2H3;1H. The number of hydrogen-bond acceptors (Lipinski definition) is 3. The highest BCUT2D eigenvalue weighted by atomic mass is 35.5. The van der Waals surface area contributed by atoms with Crippen molar-refractivity contribution >= 4 is 29.8 Å². The minimum absolute atomic E-state index is 0. The first kappa shape index (κ1) is 17.5. The van der Waals surface area contributed by atoms with Gasteiger partial charge in [-0.15, -0.1) is 12.4 Å². The molecule has 0 spiro atoms. The molecule has 4 nitrogen and oxygen atoms in total. The Morgan fingerprint density at radius 3 is 2.33 bits per heavy atom. The number of amides is 1. The summed E-state index contributed by atoms with van der Waals surface area (Å²) < 4.78 is 38.7. The number of carbonyl (C=O) groups is 2. The molecular weight excluding hydrogens is 309 g/mol. The molecule has 21 heavy (non-hydrogen) atoms. The summed E-state index contributed by atoms with van der Waals surface area (Å²) in [6.45, 7) is 0.626. The Bertz CT molecular complexity index is 573. The summed E-state index contributed by atoms with van der Waals surface area (Å²) in [5.74, 6) is -2.00. The first-order chi connectivity index (χ1) is 9.23. The first-order valence-electron chi connectivity index (χ1n) is 5.94. The molecule has 0 aromatic heterocycles. The van der Waals surface area contributed by atoms with Crippen molar-refractivity contribution in [2.45, 2.75) is 6.18 Å². The average Bonchev–Trinajstić information content (AvgIpc) is 2.59. The normalized spacial score (nSPS) is 14.5. The fraction of sp³-hybridized carbons (Fsp3) is 0.385. The van der Waals surface area contributed by atoms with Gasteiger partial charge in [0.1, 0.15) is 0 Å².